The third kappa shape index (κ3) is 18.9. The maximum atomic E-state index is 15.3. The van der Waals surface area contributed by atoms with Gasteiger partial charge in [0.2, 0.25) is 22.8 Å². The average molecular weight is 1330 g/mol. The molecule has 19 nitrogen and oxygen atoms in total. The van der Waals surface area contributed by atoms with Crippen LogP contribution < -0.4 is 50.8 Å². The van der Waals surface area contributed by atoms with Gasteiger partial charge >= 0.3 is 46.9 Å². The Balaban J connectivity index is 0.0000120. The van der Waals surface area contributed by atoms with E-state index in [4.69, 9.17) is 46.1 Å². The summed E-state index contributed by atoms with van der Waals surface area (Å²) in [5, 5.41) is 0. The SMILES string of the molecule is CCC1=C(C)c2cc3[n-]c(cc4[nH+]c(c5c6[n-]c(cc1[nH+]2)c(C)c6C(=O)C5C(=O)OCc1cc[n+](CCN)cc1)C(/C=C/C(=O)OC/C=C(\C)CCCC(C)CCCC(C)CCCC(C)C)=C4C)c(C(=O)OCc1cc[n+](CCN)cc1)c3C(=O)OCc1cc[n+](CCN)cc1.[Mg+2]. The first-order chi connectivity index (χ1) is 46.3. The number of hydrogen-bond acceptors (Lipinski definition) is 12. The number of carbonyl (C=O) groups excluding carboxylic acids is 5. The molecule has 2 aliphatic heterocycles. The summed E-state index contributed by atoms with van der Waals surface area (Å²) in [6, 6.07) is 16.2. The van der Waals surface area contributed by atoms with Gasteiger partial charge in [0.15, 0.2) is 68.5 Å². The quantitative estimate of drug-likeness (QED) is 0.00675. The molecular formula is C77H97MgN10O9+5. The minimum absolute atomic E-state index is 0. The second-order valence-electron chi connectivity index (χ2n) is 26.3. The molecule has 506 valence electrons. The number of nitrogens with zero attached hydrogens (tertiary/aromatic N) is 5. The Hall–Kier alpha value is -8.27. The minimum atomic E-state index is -1.51. The number of carbonyl (C=O) groups is 5. The standard InChI is InChI=1S/C77H95N10O9.Mg/c1-10-58-52(7)60-43-64-68(75(90)94-45-55-22-32-85(33-23-55)38-29-78)69(76(91)95-46-56-24-34-86(35-25-56)39-30-79)65(82-64)44-61-53(8)59(20-21-66(88)93-41-28-51(6)19-13-18-50(5)17-12-16-49(4)15-11-14-48(2)3)72(83-61)70-71(77(92)96-47-57-26-36-87(37-27-57)40-31-80)74(89)67-54(9)62(84-73(67)70)42-63(58)81-60;/h20-28,32-37,42-44,48-50,71H,10-19,29-31,38-41,45-47,78-80H2,1-9H3;/q+1;+2/p+2/b51-28+,60-43?,61-44?,62-42?,63-42?,64-43?,65-44?,72-70?;. The Morgan fingerprint density at radius 1 is 0.619 bits per heavy atom. The van der Waals surface area contributed by atoms with Crippen LogP contribution in [0.4, 0.5) is 0 Å². The van der Waals surface area contributed by atoms with E-state index < -0.39 is 35.6 Å². The fraction of sp³-hybridized carbons (Fsp3) is 0.429. The molecule has 97 heavy (non-hydrogen) atoms. The van der Waals surface area contributed by atoms with Crippen LogP contribution >= 0.6 is 0 Å². The summed E-state index contributed by atoms with van der Waals surface area (Å²) in [5.74, 6) is -3.00. The van der Waals surface area contributed by atoms with Gasteiger partial charge in [0.1, 0.15) is 26.4 Å². The molecule has 0 aromatic carbocycles. The molecule has 6 aromatic heterocycles. The summed E-state index contributed by atoms with van der Waals surface area (Å²) in [5.41, 5.74) is 26.9. The van der Waals surface area contributed by atoms with Crippen LogP contribution in [-0.4, -0.2) is 79.0 Å². The number of Topliss-reactive ketones (excluding diaryl/α,β-unsaturated/α-hetero) is 1. The van der Waals surface area contributed by atoms with Gasteiger partial charge in [-0.25, -0.2) is 38.1 Å². The van der Waals surface area contributed by atoms with E-state index in [0.717, 1.165) is 47.8 Å². The van der Waals surface area contributed by atoms with Gasteiger partial charge < -0.3 is 46.1 Å². The Morgan fingerprint density at radius 3 is 1.61 bits per heavy atom. The van der Waals surface area contributed by atoms with Crippen molar-refractivity contribution in [3.8, 4) is 0 Å². The summed E-state index contributed by atoms with van der Waals surface area (Å²) < 4.78 is 29.9. The Bertz CT molecular complexity index is 4130. The zero-order chi connectivity index (χ0) is 68.6. The largest absolute Gasteiger partial charge is 2.00 e. The van der Waals surface area contributed by atoms with E-state index in [9.17, 15) is 9.59 Å². The predicted octanol–water partition coefficient (Wildman–Crippen LogP) is 9.57. The van der Waals surface area contributed by atoms with Crippen molar-refractivity contribution < 1.29 is 66.6 Å². The van der Waals surface area contributed by atoms with E-state index in [2.05, 4.69) is 44.6 Å². The van der Waals surface area contributed by atoms with E-state index in [-0.39, 0.29) is 94.0 Å². The van der Waals surface area contributed by atoms with Crippen LogP contribution in [0.2, 0.25) is 0 Å². The Morgan fingerprint density at radius 2 is 1.10 bits per heavy atom. The van der Waals surface area contributed by atoms with Crippen molar-refractivity contribution in [3.63, 3.8) is 0 Å². The molecule has 8 N–H and O–H groups in total. The average Bonchev–Trinajstić information content (AvgIpc) is 1.56. The zero-order valence-electron chi connectivity index (χ0n) is 58.2. The van der Waals surface area contributed by atoms with Crippen molar-refractivity contribution >= 4 is 97.1 Å². The van der Waals surface area contributed by atoms with Crippen LogP contribution in [0.25, 0.3) is 44.4 Å². The Kier molecular flexibility index (Phi) is 27.1. The van der Waals surface area contributed by atoms with E-state index in [1.54, 1.807) is 25.1 Å². The molecule has 0 amide bonds. The molecule has 0 fully saturated rings. The molecule has 0 saturated carbocycles. The Labute approximate surface area is 586 Å². The molecule has 0 spiro atoms. The molecule has 8 heterocycles. The van der Waals surface area contributed by atoms with Crippen LogP contribution in [0, 0.1) is 24.7 Å². The summed E-state index contributed by atoms with van der Waals surface area (Å²) in [6.07, 6.45) is 27.2. The number of rotatable bonds is 32. The van der Waals surface area contributed by atoms with Gasteiger partial charge in [-0.1, -0.05) is 90.7 Å². The van der Waals surface area contributed by atoms with Crippen LogP contribution in [0.3, 0.4) is 0 Å². The van der Waals surface area contributed by atoms with E-state index in [1.165, 1.54) is 44.6 Å². The molecular weight excluding hydrogens is 1230 g/mol. The van der Waals surface area contributed by atoms with Gasteiger partial charge in [-0.2, -0.15) is 0 Å². The molecule has 3 atom stereocenters. The number of pyridine rings is 3. The number of hydrogen-bond donors (Lipinski definition) is 3. The maximum Gasteiger partial charge on any atom is 2.00 e. The van der Waals surface area contributed by atoms with Crippen molar-refractivity contribution in [2.75, 3.05) is 26.2 Å². The van der Waals surface area contributed by atoms with Crippen molar-refractivity contribution in [3.05, 3.63) is 183 Å². The van der Waals surface area contributed by atoms with Gasteiger partial charge in [-0.15, -0.1) is 22.1 Å². The van der Waals surface area contributed by atoms with Crippen LogP contribution in [0.15, 0.2) is 116 Å². The van der Waals surface area contributed by atoms with Crippen molar-refractivity contribution in [2.45, 2.75) is 172 Å². The summed E-state index contributed by atoms with van der Waals surface area (Å²) in [6.45, 7) is 21.7. The number of aryl methyl sites for hydroxylation is 1. The van der Waals surface area contributed by atoms with E-state index in [0.29, 0.717) is 108 Å². The van der Waals surface area contributed by atoms with Crippen LogP contribution in [0.1, 0.15) is 207 Å². The van der Waals surface area contributed by atoms with Gasteiger partial charge in [0.25, 0.3) is 0 Å². The third-order valence-corrected chi connectivity index (χ3v) is 18.5. The normalized spacial score (nSPS) is 14.3. The van der Waals surface area contributed by atoms with Crippen molar-refractivity contribution in [1.29, 1.82) is 0 Å². The number of aromatic amines is 2. The summed E-state index contributed by atoms with van der Waals surface area (Å²) in [4.78, 5) is 91.8. The smallest absolute Gasteiger partial charge is 0.656 e. The van der Waals surface area contributed by atoms with Crippen LogP contribution in [-0.2, 0) is 68.0 Å². The predicted molar refractivity (Wildman–Crippen MR) is 373 cm³/mol. The minimum Gasteiger partial charge on any atom is -0.656 e. The molecule has 0 saturated heterocycles. The number of ether oxygens (including phenoxy) is 4. The number of nitrogens with one attached hydrogen (secondary N) is 2. The van der Waals surface area contributed by atoms with Crippen LogP contribution in [0.5, 0.6) is 0 Å². The van der Waals surface area contributed by atoms with Gasteiger partial charge in [-0.05, 0) is 95.1 Å². The number of esters is 4. The first-order valence-electron chi connectivity index (χ1n) is 34.1. The second kappa shape index (κ2) is 35.3. The monoisotopic (exact) mass is 1330 g/mol. The molecule has 9 rings (SSSR count). The molecule has 8 bridgehead atoms. The molecule has 3 aliphatic rings. The number of nitrogens with two attached hydrogens (primary N) is 3. The maximum absolute atomic E-state index is 15.3. The van der Waals surface area contributed by atoms with E-state index >= 15 is 14.4 Å². The number of ketones is 1. The number of fused-ring (bicyclic) bond motifs is 8. The van der Waals surface area contributed by atoms with Gasteiger partial charge in [0, 0.05) is 87.0 Å². The third-order valence-electron chi connectivity index (χ3n) is 18.5. The van der Waals surface area contributed by atoms with Crippen molar-refractivity contribution in [1.82, 2.24) is 9.97 Å². The molecule has 1 aliphatic carbocycles. The van der Waals surface area contributed by atoms with E-state index in [1.807, 2.05) is 120 Å². The van der Waals surface area contributed by atoms with Crippen molar-refractivity contribution in [2.24, 2.45) is 35.0 Å². The summed E-state index contributed by atoms with van der Waals surface area (Å²) >= 11 is 0. The molecule has 0 radical (unpaired) electrons. The molecule has 3 unspecified atom stereocenters. The zero-order valence-corrected chi connectivity index (χ0v) is 59.6. The number of allylic oxidation sites excluding steroid dienone is 6. The summed E-state index contributed by atoms with van der Waals surface area (Å²) in [7, 11) is 0. The second-order valence-corrected chi connectivity index (χ2v) is 26.3. The fourth-order valence-electron chi connectivity index (χ4n) is 12.8. The molecule has 20 heteroatoms. The number of aromatic nitrogens is 7. The van der Waals surface area contributed by atoms with Gasteiger partial charge in [0.05, 0.1) is 36.3 Å². The first kappa shape index (κ1) is 74.5. The first-order valence-corrected chi connectivity index (χ1v) is 34.1. The molecule has 6 aromatic rings. The fourth-order valence-corrected chi connectivity index (χ4v) is 12.8. The number of H-pyrrole nitrogens is 2. The van der Waals surface area contributed by atoms with Gasteiger partial charge in [-0.3, -0.25) is 9.59 Å². The topological polar surface area (TPSA) is 268 Å².